The second kappa shape index (κ2) is 7.01. The van der Waals surface area contributed by atoms with Crippen molar-refractivity contribution < 1.29 is 15.0 Å². The van der Waals surface area contributed by atoms with Crippen LogP contribution in [0.5, 0.6) is 5.75 Å². The number of phenols is 1. The topological polar surface area (TPSA) is 57.5 Å². The summed E-state index contributed by atoms with van der Waals surface area (Å²) in [5.41, 5.74) is 4.95. The molecule has 24 heavy (non-hydrogen) atoms. The number of aromatic hydroxyl groups is 1. The first-order valence-corrected chi connectivity index (χ1v) is 7.83. The summed E-state index contributed by atoms with van der Waals surface area (Å²) in [4.78, 5) is 11.0. The molecule has 0 aliphatic heterocycles. The molecule has 3 heteroatoms. The molecule has 0 heterocycles. The molecule has 2 N–H and O–H groups in total. The van der Waals surface area contributed by atoms with Crippen LogP contribution in [0.25, 0.3) is 22.3 Å². The fourth-order valence-electron chi connectivity index (χ4n) is 2.81. The van der Waals surface area contributed by atoms with Crippen LogP contribution in [0.1, 0.15) is 12.0 Å². The zero-order chi connectivity index (χ0) is 16.9. The summed E-state index contributed by atoms with van der Waals surface area (Å²) in [6.45, 7) is 0. The monoisotopic (exact) mass is 318 g/mol. The van der Waals surface area contributed by atoms with E-state index in [4.69, 9.17) is 5.11 Å². The normalized spacial score (nSPS) is 10.5. The van der Waals surface area contributed by atoms with Crippen LogP contribution in [0.3, 0.4) is 0 Å². The number of hydrogen-bond acceptors (Lipinski definition) is 2. The van der Waals surface area contributed by atoms with E-state index in [2.05, 4.69) is 0 Å². The number of hydrogen-bond donors (Lipinski definition) is 2. The van der Waals surface area contributed by atoms with Crippen molar-refractivity contribution in [2.75, 3.05) is 0 Å². The molecule has 3 aromatic rings. The van der Waals surface area contributed by atoms with Gasteiger partial charge in [-0.2, -0.15) is 0 Å². The van der Waals surface area contributed by atoms with E-state index in [-0.39, 0.29) is 12.2 Å². The van der Waals surface area contributed by atoms with Crippen molar-refractivity contribution in [3.05, 3.63) is 78.4 Å². The van der Waals surface area contributed by atoms with Gasteiger partial charge in [0.25, 0.3) is 0 Å². The summed E-state index contributed by atoms with van der Waals surface area (Å²) >= 11 is 0. The lowest BCUT2D eigenvalue weighted by atomic mass is 9.92. The van der Waals surface area contributed by atoms with Crippen LogP contribution < -0.4 is 0 Å². The maximum Gasteiger partial charge on any atom is 0.303 e. The summed E-state index contributed by atoms with van der Waals surface area (Å²) in [7, 11) is 0. The highest BCUT2D eigenvalue weighted by Crippen LogP contribution is 2.31. The number of carboxylic acids is 1. The average Bonchev–Trinajstić information content (AvgIpc) is 2.60. The van der Waals surface area contributed by atoms with Crippen molar-refractivity contribution in [2.45, 2.75) is 12.8 Å². The minimum Gasteiger partial charge on any atom is -0.508 e. The summed E-state index contributed by atoms with van der Waals surface area (Å²) in [6, 6.07) is 23.1. The van der Waals surface area contributed by atoms with Crippen molar-refractivity contribution in [3.8, 4) is 28.0 Å². The number of aryl methyl sites for hydroxylation is 1. The molecule has 0 amide bonds. The summed E-state index contributed by atoms with van der Waals surface area (Å²) in [5, 5.41) is 18.7. The molecule has 0 bridgehead atoms. The fourth-order valence-corrected chi connectivity index (χ4v) is 2.81. The van der Waals surface area contributed by atoms with Crippen LogP contribution in [0.15, 0.2) is 72.8 Å². The molecule has 3 nitrogen and oxygen atoms in total. The Labute approximate surface area is 140 Å². The zero-order valence-corrected chi connectivity index (χ0v) is 13.1. The van der Waals surface area contributed by atoms with Crippen LogP contribution in [0, 0.1) is 0 Å². The van der Waals surface area contributed by atoms with Crippen LogP contribution >= 0.6 is 0 Å². The van der Waals surface area contributed by atoms with Crippen molar-refractivity contribution in [1.82, 2.24) is 0 Å². The second-order valence-electron chi connectivity index (χ2n) is 5.68. The lowest BCUT2D eigenvalue weighted by Gasteiger charge is -2.12. The first kappa shape index (κ1) is 15.8. The fraction of sp³-hybridized carbons (Fsp3) is 0.0952. The molecule has 120 valence electrons. The van der Waals surface area contributed by atoms with Gasteiger partial charge in [0.2, 0.25) is 0 Å². The summed E-state index contributed by atoms with van der Waals surface area (Å²) in [5.74, 6) is -0.620. The van der Waals surface area contributed by atoms with Gasteiger partial charge in [-0.1, -0.05) is 60.7 Å². The highest BCUT2D eigenvalue weighted by molar-refractivity contribution is 5.75. The molecular formula is C21H18O3. The Bertz CT molecular complexity index is 854. The molecular weight excluding hydrogens is 300 g/mol. The number of benzene rings is 3. The van der Waals surface area contributed by atoms with E-state index in [0.717, 1.165) is 27.8 Å². The molecule has 0 radical (unpaired) electrons. The van der Waals surface area contributed by atoms with Gasteiger partial charge in [-0.3, -0.25) is 4.79 Å². The van der Waals surface area contributed by atoms with Gasteiger partial charge in [-0.15, -0.1) is 0 Å². The van der Waals surface area contributed by atoms with E-state index < -0.39 is 5.97 Å². The summed E-state index contributed by atoms with van der Waals surface area (Å²) < 4.78 is 0. The minimum atomic E-state index is -0.818. The van der Waals surface area contributed by atoms with Gasteiger partial charge in [0.15, 0.2) is 0 Å². The van der Waals surface area contributed by atoms with E-state index in [1.165, 1.54) is 0 Å². The smallest absolute Gasteiger partial charge is 0.303 e. The van der Waals surface area contributed by atoms with Gasteiger partial charge >= 0.3 is 5.97 Å². The lowest BCUT2D eigenvalue weighted by molar-refractivity contribution is -0.136. The molecule has 3 rings (SSSR count). The van der Waals surface area contributed by atoms with Crippen LogP contribution in [-0.4, -0.2) is 16.2 Å². The number of carboxylic acid groups (broad SMARTS) is 1. The van der Waals surface area contributed by atoms with Crippen molar-refractivity contribution >= 4 is 5.97 Å². The number of rotatable bonds is 5. The Balaban J connectivity index is 2.06. The van der Waals surface area contributed by atoms with Gasteiger partial charge in [0.05, 0.1) is 0 Å². The Morgan fingerprint density at radius 3 is 2.25 bits per heavy atom. The van der Waals surface area contributed by atoms with Crippen molar-refractivity contribution in [1.29, 1.82) is 0 Å². The molecule has 0 spiro atoms. The third-order valence-electron chi connectivity index (χ3n) is 3.98. The van der Waals surface area contributed by atoms with E-state index >= 15 is 0 Å². The molecule has 0 saturated carbocycles. The zero-order valence-electron chi connectivity index (χ0n) is 13.1. The van der Waals surface area contributed by atoms with Crippen molar-refractivity contribution in [2.24, 2.45) is 0 Å². The highest BCUT2D eigenvalue weighted by atomic mass is 16.4. The Kier molecular flexibility index (Phi) is 4.62. The quantitative estimate of drug-likeness (QED) is 0.714. The third-order valence-corrected chi connectivity index (χ3v) is 3.98. The molecule has 0 aliphatic rings. The number of phenolic OH excluding ortho intramolecular Hbond substituents is 1. The minimum absolute atomic E-state index is 0.0735. The molecule has 0 fully saturated rings. The molecule has 0 aliphatic carbocycles. The van der Waals surface area contributed by atoms with Crippen molar-refractivity contribution in [3.63, 3.8) is 0 Å². The van der Waals surface area contributed by atoms with E-state index in [9.17, 15) is 9.90 Å². The van der Waals surface area contributed by atoms with E-state index in [0.29, 0.717) is 6.42 Å². The molecule has 3 aromatic carbocycles. The van der Waals surface area contributed by atoms with Gasteiger partial charge in [-0.05, 0) is 46.4 Å². The lowest BCUT2D eigenvalue weighted by Crippen LogP contribution is -1.99. The van der Waals surface area contributed by atoms with Gasteiger partial charge in [-0.25, -0.2) is 0 Å². The van der Waals surface area contributed by atoms with E-state index in [1.807, 2.05) is 54.6 Å². The predicted molar refractivity (Wildman–Crippen MR) is 94.9 cm³/mol. The second-order valence-corrected chi connectivity index (χ2v) is 5.68. The largest absolute Gasteiger partial charge is 0.508 e. The average molecular weight is 318 g/mol. The van der Waals surface area contributed by atoms with Crippen LogP contribution in [-0.2, 0) is 11.2 Å². The molecule has 0 saturated heterocycles. The van der Waals surface area contributed by atoms with Gasteiger partial charge in [0, 0.05) is 6.42 Å². The van der Waals surface area contributed by atoms with Crippen LogP contribution in [0.4, 0.5) is 0 Å². The Hall–Kier alpha value is -3.07. The predicted octanol–water partition coefficient (Wildman–Crippen LogP) is 4.74. The summed E-state index contributed by atoms with van der Waals surface area (Å²) in [6.07, 6.45) is 0.519. The first-order valence-electron chi connectivity index (χ1n) is 7.83. The molecule has 0 atom stereocenters. The first-order chi connectivity index (χ1) is 11.6. The number of carbonyl (C=O) groups is 1. The Morgan fingerprint density at radius 1 is 0.792 bits per heavy atom. The number of aliphatic carboxylic acids is 1. The third kappa shape index (κ3) is 3.63. The van der Waals surface area contributed by atoms with Gasteiger partial charge in [0.1, 0.15) is 5.75 Å². The maximum absolute atomic E-state index is 11.0. The molecule has 0 unspecified atom stereocenters. The SMILES string of the molecule is O=C(O)CCc1cc(-c2ccccc2)ccc1-c1cccc(O)c1. The highest BCUT2D eigenvalue weighted by Gasteiger charge is 2.10. The van der Waals surface area contributed by atoms with E-state index in [1.54, 1.807) is 18.2 Å². The maximum atomic E-state index is 11.0. The molecule has 0 aromatic heterocycles. The Morgan fingerprint density at radius 2 is 1.54 bits per heavy atom. The van der Waals surface area contributed by atoms with Gasteiger partial charge < -0.3 is 10.2 Å². The standard InChI is InChI=1S/C21H18O3/c22-19-8-4-7-17(14-19)20-11-9-16(15-5-2-1-3-6-15)13-18(20)10-12-21(23)24/h1-9,11,13-14,22H,10,12H2,(H,23,24). The van der Waals surface area contributed by atoms with Crippen LogP contribution in [0.2, 0.25) is 0 Å².